The summed E-state index contributed by atoms with van der Waals surface area (Å²) in [5.74, 6) is -0.302. The van der Waals surface area contributed by atoms with Crippen LogP contribution in [0.3, 0.4) is 0 Å². The van der Waals surface area contributed by atoms with Crippen LogP contribution in [0.2, 0.25) is 0 Å². The van der Waals surface area contributed by atoms with Crippen LogP contribution < -0.4 is 0 Å². The van der Waals surface area contributed by atoms with Crippen molar-refractivity contribution in [3.05, 3.63) is 0 Å². The minimum atomic E-state index is -2.98. The summed E-state index contributed by atoms with van der Waals surface area (Å²) in [5.41, 5.74) is 0. The van der Waals surface area contributed by atoms with Gasteiger partial charge in [-0.15, -0.1) is 0 Å². The highest BCUT2D eigenvalue weighted by Gasteiger charge is 2.33. The summed E-state index contributed by atoms with van der Waals surface area (Å²) >= 11 is 0. The Morgan fingerprint density at radius 2 is 2.00 bits per heavy atom. The topological polar surface area (TPSA) is 71.4 Å². The summed E-state index contributed by atoms with van der Waals surface area (Å²) in [7, 11) is -2.98. The van der Waals surface area contributed by atoms with Crippen molar-refractivity contribution in [2.75, 3.05) is 11.5 Å². The molecule has 0 saturated heterocycles. The maximum absolute atomic E-state index is 11.5. The van der Waals surface area contributed by atoms with Gasteiger partial charge in [-0.3, -0.25) is 4.79 Å². The summed E-state index contributed by atoms with van der Waals surface area (Å²) in [6, 6.07) is 0. The van der Waals surface area contributed by atoms with Crippen LogP contribution in [0.5, 0.6) is 0 Å². The Morgan fingerprint density at radius 3 is 2.53 bits per heavy atom. The second-order valence-corrected chi connectivity index (χ2v) is 7.62. The van der Waals surface area contributed by atoms with Crippen molar-refractivity contribution < 1.29 is 18.3 Å². The normalized spacial score (nSPS) is 30.1. The molecule has 0 bridgehead atoms. The van der Waals surface area contributed by atoms with Crippen LogP contribution >= 0.6 is 0 Å². The first-order chi connectivity index (χ1) is 7.85. The maximum atomic E-state index is 11.5. The lowest BCUT2D eigenvalue weighted by Gasteiger charge is -2.32. The first kappa shape index (κ1) is 14.5. The minimum absolute atomic E-state index is 0.0255. The summed E-state index contributed by atoms with van der Waals surface area (Å²) < 4.78 is 22.9. The summed E-state index contributed by atoms with van der Waals surface area (Å²) in [4.78, 5) is 11.1. The molecule has 0 aromatic heterocycles. The van der Waals surface area contributed by atoms with Gasteiger partial charge in [0.1, 0.15) is 9.84 Å². The van der Waals surface area contributed by atoms with Gasteiger partial charge in [0.05, 0.1) is 11.7 Å². The highest BCUT2D eigenvalue weighted by Crippen LogP contribution is 2.36. The highest BCUT2D eigenvalue weighted by molar-refractivity contribution is 7.91. The van der Waals surface area contributed by atoms with E-state index in [1.165, 1.54) is 0 Å². The van der Waals surface area contributed by atoms with E-state index in [0.717, 1.165) is 12.8 Å². The van der Waals surface area contributed by atoms with Crippen LogP contribution in [0.4, 0.5) is 0 Å². The van der Waals surface area contributed by atoms with Crippen molar-refractivity contribution >= 4 is 15.8 Å². The van der Waals surface area contributed by atoms with Gasteiger partial charge in [0.2, 0.25) is 0 Å². The lowest BCUT2D eigenvalue weighted by molar-refractivity contribution is -0.145. The lowest BCUT2D eigenvalue weighted by Crippen LogP contribution is -2.31. The van der Waals surface area contributed by atoms with Gasteiger partial charge in [0, 0.05) is 5.75 Å². The smallest absolute Gasteiger partial charge is 0.306 e. The predicted molar refractivity (Wildman–Crippen MR) is 66.6 cm³/mol. The minimum Gasteiger partial charge on any atom is -0.481 e. The zero-order valence-electron chi connectivity index (χ0n) is 10.6. The number of hydrogen-bond acceptors (Lipinski definition) is 3. The fourth-order valence-corrected chi connectivity index (χ4v) is 3.57. The van der Waals surface area contributed by atoms with Crippen molar-refractivity contribution in [1.82, 2.24) is 0 Å². The van der Waals surface area contributed by atoms with Gasteiger partial charge in [0.25, 0.3) is 0 Å². The molecular weight excluding hydrogens is 240 g/mol. The van der Waals surface area contributed by atoms with Crippen LogP contribution in [0.1, 0.15) is 39.5 Å². The Morgan fingerprint density at radius 1 is 1.35 bits per heavy atom. The van der Waals surface area contributed by atoms with Gasteiger partial charge < -0.3 is 5.11 Å². The van der Waals surface area contributed by atoms with Gasteiger partial charge >= 0.3 is 5.97 Å². The average Bonchev–Trinajstić information content (AvgIpc) is 2.26. The van der Waals surface area contributed by atoms with Crippen LogP contribution in [0, 0.1) is 17.8 Å². The molecule has 17 heavy (non-hydrogen) atoms. The number of carboxylic acid groups (broad SMARTS) is 1. The SMILES string of the molecule is CCS(=O)(=O)CCC1CC(C)CCC1C(=O)O. The molecule has 4 nitrogen and oxygen atoms in total. The molecule has 1 N–H and O–H groups in total. The monoisotopic (exact) mass is 262 g/mol. The summed E-state index contributed by atoms with van der Waals surface area (Å²) in [6.07, 6.45) is 2.97. The van der Waals surface area contributed by atoms with Crippen LogP contribution in [-0.2, 0) is 14.6 Å². The molecule has 0 aliphatic heterocycles. The van der Waals surface area contributed by atoms with Crippen LogP contribution in [0.15, 0.2) is 0 Å². The van der Waals surface area contributed by atoms with E-state index >= 15 is 0 Å². The standard InChI is InChI=1S/C12H22O4S/c1-3-17(15,16)7-6-10-8-9(2)4-5-11(10)12(13)14/h9-11H,3-8H2,1-2H3,(H,13,14). The van der Waals surface area contributed by atoms with Crippen molar-refractivity contribution in [2.45, 2.75) is 39.5 Å². The number of sulfone groups is 1. The summed E-state index contributed by atoms with van der Waals surface area (Å²) in [6.45, 7) is 3.74. The third kappa shape index (κ3) is 4.30. The molecule has 1 fully saturated rings. The molecule has 0 heterocycles. The van der Waals surface area contributed by atoms with Gasteiger partial charge in [-0.05, 0) is 37.5 Å². The van der Waals surface area contributed by atoms with E-state index in [4.69, 9.17) is 5.11 Å². The van der Waals surface area contributed by atoms with Crippen molar-refractivity contribution in [3.8, 4) is 0 Å². The average molecular weight is 262 g/mol. The molecule has 0 aromatic carbocycles. The Hall–Kier alpha value is -0.580. The molecule has 100 valence electrons. The molecule has 0 spiro atoms. The molecular formula is C12H22O4S. The van der Waals surface area contributed by atoms with Gasteiger partial charge in [-0.25, -0.2) is 8.42 Å². The molecule has 3 unspecified atom stereocenters. The molecule has 1 aliphatic carbocycles. The van der Waals surface area contributed by atoms with Crippen molar-refractivity contribution in [3.63, 3.8) is 0 Å². The molecule has 1 saturated carbocycles. The Kier molecular flexibility index (Phi) is 4.98. The van der Waals surface area contributed by atoms with E-state index in [9.17, 15) is 13.2 Å². The zero-order valence-corrected chi connectivity index (χ0v) is 11.4. The third-order valence-corrected chi connectivity index (χ3v) is 5.54. The zero-order chi connectivity index (χ0) is 13.1. The van der Waals surface area contributed by atoms with Gasteiger partial charge in [0.15, 0.2) is 0 Å². The Balaban J connectivity index is 2.61. The van der Waals surface area contributed by atoms with Gasteiger partial charge in [-0.1, -0.05) is 13.8 Å². The molecule has 5 heteroatoms. The second-order valence-electron chi connectivity index (χ2n) is 5.15. The third-order valence-electron chi connectivity index (χ3n) is 3.80. The van der Waals surface area contributed by atoms with E-state index in [-0.39, 0.29) is 23.3 Å². The van der Waals surface area contributed by atoms with Crippen LogP contribution in [0.25, 0.3) is 0 Å². The Bertz CT molecular complexity index is 361. The Labute approximate surface area is 103 Å². The quantitative estimate of drug-likeness (QED) is 0.822. The number of carboxylic acids is 1. The lowest BCUT2D eigenvalue weighted by atomic mass is 9.73. The van der Waals surface area contributed by atoms with E-state index in [2.05, 4.69) is 6.92 Å². The predicted octanol–water partition coefficient (Wildman–Crippen LogP) is 1.95. The van der Waals surface area contributed by atoms with E-state index in [0.29, 0.717) is 18.8 Å². The molecule has 0 radical (unpaired) electrons. The maximum Gasteiger partial charge on any atom is 0.306 e. The fourth-order valence-electron chi connectivity index (χ4n) is 2.62. The van der Waals surface area contributed by atoms with E-state index in [1.807, 2.05) is 0 Å². The van der Waals surface area contributed by atoms with Crippen LogP contribution in [-0.4, -0.2) is 31.0 Å². The van der Waals surface area contributed by atoms with E-state index in [1.54, 1.807) is 6.92 Å². The first-order valence-electron chi connectivity index (χ1n) is 6.29. The first-order valence-corrected chi connectivity index (χ1v) is 8.11. The second kappa shape index (κ2) is 5.85. The number of rotatable bonds is 5. The molecule has 3 atom stereocenters. The summed E-state index contributed by atoms with van der Waals surface area (Å²) in [5, 5.41) is 9.13. The van der Waals surface area contributed by atoms with Crippen molar-refractivity contribution in [2.24, 2.45) is 17.8 Å². The largest absolute Gasteiger partial charge is 0.481 e. The van der Waals surface area contributed by atoms with E-state index < -0.39 is 15.8 Å². The molecule has 0 amide bonds. The van der Waals surface area contributed by atoms with Gasteiger partial charge in [-0.2, -0.15) is 0 Å². The number of carbonyl (C=O) groups is 1. The highest BCUT2D eigenvalue weighted by atomic mass is 32.2. The molecule has 1 aliphatic rings. The molecule has 1 rings (SSSR count). The van der Waals surface area contributed by atoms with Crippen molar-refractivity contribution in [1.29, 1.82) is 0 Å². The number of aliphatic carboxylic acids is 1. The molecule has 0 aromatic rings. The number of hydrogen-bond donors (Lipinski definition) is 1. The fraction of sp³-hybridized carbons (Fsp3) is 0.917.